The lowest BCUT2D eigenvalue weighted by molar-refractivity contribution is -0.138. The molecule has 0 bridgehead atoms. The summed E-state index contributed by atoms with van der Waals surface area (Å²) in [4.78, 5) is 23.0. The number of rotatable bonds is 4. The van der Waals surface area contributed by atoms with E-state index in [1.807, 2.05) is 18.7 Å². The molecule has 0 saturated carbocycles. The lowest BCUT2D eigenvalue weighted by Crippen LogP contribution is -2.45. The Balaban J connectivity index is 1.69. The van der Waals surface area contributed by atoms with Crippen LogP contribution in [0.15, 0.2) is 6.33 Å². The molecule has 0 radical (unpaired) electrons. The fourth-order valence-corrected chi connectivity index (χ4v) is 3.10. The molecule has 7 heteroatoms. The maximum absolute atomic E-state index is 12.5. The van der Waals surface area contributed by atoms with Crippen LogP contribution >= 0.6 is 0 Å². The van der Waals surface area contributed by atoms with E-state index in [-0.39, 0.29) is 12.0 Å². The number of hydrogen-bond donors (Lipinski definition) is 0. The van der Waals surface area contributed by atoms with E-state index < -0.39 is 0 Å². The molecule has 1 aliphatic heterocycles. The van der Waals surface area contributed by atoms with Gasteiger partial charge in [-0.2, -0.15) is 10.1 Å². The fraction of sp³-hybridized carbons (Fsp3) is 0.625. The molecule has 0 aromatic carbocycles. The number of carbonyl (C=O) groups is 1. The molecule has 0 aliphatic carbocycles. The summed E-state index contributed by atoms with van der Waals surface area (Å²) in [6.45, 7) is 8.07. The zero-order chi connectivity index (χ0) is 16.4. The quantitative estimate of drug-likeness (QED) is 0.850. The molecule has 3 heterocycles. The van der Waals surface area contributed by atoms with Crippen molar-refractivity contribution < 1.29 is 9.53 Å². The molecule has 2 aromatic rings. The van der Waals surface area contributed by atoms with Crippen LogP contribution in [0.4, 0.5) is 0 Å². The molecule has 124 valence electrons. The van der Waals surface area contributed by atoms with Gasteiger partial charge in [0.1, 0.15) is 6.33 Å². The molecule has 2 aromatic heterocycles. The Kier molecular flexibility index (Phi) is 4.56. The van der Waals surface area contributed by atoms with Crippen LogP contribution < -0.4 is 0 Å². The highest BCUT2D eigenvalue weighted by Crippen LogP contribution is 2.16. The fourth-order valence-electron chi connectivity index (χ4n) is 3.10. The number of hydrogen-bond acceptors (Lipinski definition) is 5. The summed E-state index contributed by atoms with van der Waals surface area (Å²) >= 11 is 0. The summed E-state index contributed by atoms with van der Waals surface area (Å²) in [5.41, 5.74) is 3.01. The van der Waals surface area contributed by atoms with Crippen molar-refractivity contribution in [3.8, 4) is 0 Å². The standard InChI is InChI=1S/C16H23N5O2/c1-4-13-9-20(7-8-23-13)15(22)6-5-14-11(2)19-16-17-10-18-21(16)12(14)3/h10,13H,4-9H2,1-3H3. The van der Waals surface area contributed by atoms with Gasteiger partial charge in [0.25, 0.3) is 5.78 Å². The number of amides is 1. The Bertz CT molecular complexity index is 712. The molecule has 0 N–H and O–H groups in total. The van der Waals surface area contributed by atoms with Crippen molar-refractivity contribution in [1.29, 1.82) is 0 Å². The van der Waals surface area contributed by atoms with Gasteiger partial charge in [-0.15, -0.1) is 0 Å². The number of aryl methyl sites for hydroxylation is 2. The van der Waals surface area contributed by atoms with Crippen molar-refractivity contribution in [2.75, 3.05) is 19.7 Å². The van der Waals surface area contributed by atoms with Crippen LogP contribution in [-0.4, -0.2) is 56.2 Å². The molecule has 7 nitrogen and oxygen atoms in total. The molecule has 1 atom stereocenters. The van der Waals surface area contributed by atoms with Crippen LogP contribution in [0.3, 0.4) is 0 Å². The van der Waals surface area contributed by atoms with Crippen molar-refractivity contribution >= 4 is 11.7 Å². The van der Waals surface area contributed by atoms with E-state index >= 15 is 0 Å². The van der Waals surface area contributed by atoms with Gasteiger partial charge in [-0.1, -0.05) is 6.92 Å². The second-order valence-corrected chi connectivity index (χ2v) is 5.97. The predicted molar refractivity (Wildman–Crippen MR) is 85.2 cm³/mol. The monoisotopic (exact) mass is 317 g/mol. The highest BCUT2D eigenvalue weighted by atomic mass is 16.5. The Hall–Kier alpha value is -2.02. The SMILES string of the molecule is CCC1CN(C(=O)CCc2c(C)nc3ncnn3c2C)CCO1. The first-order valence-corrected chi connectivity index (χ1v) is 8.15. The second-order valence-electron chi connectivity index (χ2n) is 5.97. The van der Waals surface area contributed by atoms with Crippen LogP contribution in [0.25, 0.3) is 5.78 Å². The van der Waals surface area contributed by atoms with Gasteiger partial charge in [0.15, 0.2) is 0 Å². The maximum atomic E-state index is 12.5. The van der Waals surface area contributed by atoms with Crippen molar-refractivity contribution in [2.24, 2.45) is 0 Å². The topological polar surface area (TPSA) is 72.6 Å². The van der Waals surface area contributed by atoms with Crippen molar-refractivity contribution in [2.45, 2.75) is 46.1 Å². The number of nitrogens with zero attached hydrogens (tertiary/aromatic N) is 5. The van der Waals surface area contributed by atoms with E-state index in [2.05, 4.69) is 22.0 Å². The average molecular weight is 317 g/mol. The van der Waals surface area contributed by atoms with Crippen LogP contribution in [0.1, 0.15) is 36.7 Å². The van der Waals surface area contributed by atoms with Crippen LogP contribution in [0.2, 0.25) is 0 Å². The van der Waals surface area contributed by atoms with Gasteiger partial charge >= 0.3 is 0 Å². The zero-order valence-corrected chi connectivity index (χ0v) is 13.9. The minimum atomic E-state index is 0.171. The minimum absolute atomic E-state index is 0.171. The van der Waals surface area contributed by atoms with Crippen LogP contribution in [0.5, 0.6) is 0 Å². The summed E-state index contributed by atoms with van der Waals surface area (Å²) in [6.07, 6.45) is 3.77. The number of aromatic nitrogens is 4. The summed E-state index contributed by atoms with van der Waals surface area (Å²) in [6, 6.07) is 0. The van der Waals surface area contributed by atoms with Crippen LogP contribution in [0, 0.1) is 13.8 Å². The molecule has 1 amide bonds. The van der Waals surface area contributed by atoms with Gasteiger partial charge in [0.05, 0.1) is 12.7 Å². The van der Waals surface area contributed by atoms with Crippen molar-refractivity contribution in [1.82, 2.24) is 24.5 Å². The van der Waals surface area contributed by atoms with E-state index in [1.54, 1.807) is 4.52 Å². The van der Waals surface area contributed by atoms with Gasteiger partial charge in [-0.3, -0.25) is 4.79 Å². The Morgan fingerprint density at radius 2 is 2.26 bits per heavy atom. The molecule has 23 heavy (non-hydrogen) atoms. The van der Waals surface area contributed by atoms with Crippen molar-refractivity contribution in [3.05, 3.63) is 23.3 Å². The molecule has 0 spiro atoms. The zero-order valence-electron chi connectivity index (χ0n) is 13.9. The number of fused-ring (bicyclic) bond motifs is 1. The lowest BCUT2D eigenvalue weighted by Gasteiger charge is -2.32. The number of ether oxygens (including phenoxy) is 1. The Morgan fingerprint density at radius 1 is 1.43 bits per heavy atom. The smallest absolute Gasteiger partial charge is 0.252 e. The molecule has 1 saturated heterocycles. The third kappa shape index (κ3) is 3.19. The van der Waals surface area contributed by atoms with E-state index in [4.69, 9.17) is 4.74 Å². The third-order valence-corrected chi connectivity index (χ3v) is 4.52. The molecular weight excluding hydrogens is 294 g/mol. The van der Waals surface area contributed by atoms with E-state index in [0.29, 0.717) is 38.3 Å². The summed E-state index contributed by atoms with van der Waals surface area (Å²) in [5.74, 6) is 0.790. The van der Waals surface area contributed by atoms with Gasteiger partial charge < -0.3 is 9.64 Å². The molecule has 1 unspecified atom stereocenters. The Labute approximate surface area is 135 Å². The highest BCUT2D eigenvalue weighted by molar-refractivity contribution is 5.76. The largest absolute Gasteiger partial charge is 0.375 e. The number of carbonyl (C=O) groups excluding carboxylic acids is 1. The van der Waals surface area contributed by atoms with Gasteiger partial charge in [0, 0.05) is 30.9 Å². The lowest BCUT2D eigenvalue weighted by atomic mass is 10.1. The molecule has 3 rings (SSSR count). The highest BCUT2D eigenvalue weighted by Gasteiger charge is 2.23. The first-order valence-electron chi connectivity index (χ1n) is 8.15. The molecule has 1 aliphatic rings. The third-order valence-electron chi connectivity index (χ3n) is 4.52. The van der Waals surface area contributed by atoms with Crippen LogP contribution in [-0.2, 0) is 16.0 Å². The van der Waals surface area contributed by atoms with Gasteiger partial charge in [0.2, 0.25) is 5.91 Å². The van der Waals surface area contributed by atoms with E-state index in [1.165, 1.54) is 6.33 Å². The first kappa shape index (κ1) is 15.9. The summed E-state index contributed by atoms with van der Waals surface area (Å²) in [7, 11) is 0. The molecular formula is C16H23N5O2. The van der Waals surface area contributed by atoms with Crippen molar-refractivity contribution in [3.63, 3.8) is 0 Å². The number of morpholine rings is 1. The summed E-state index contributed by atoms with van der Waals surface area (Å²) < 4.78 is 7.36. The normalized spacial score (nSPS) is 18.6. The summed E-state index contributed by atoms with van der Waals surface area (Å²) in [5, 5.41) is 4.19. The minimum Gasteiger partial charge on any atom is -0.375 e. The predicted octanol–water partition coefficient (Wildman–Crippen LogP) is 1.31. The maximum Gasteiger partial charge on any atom is 0.252 e. The second kappa shape index (κ2) is 6.62. The average Bonchev–Trinajstić information content (AvgIpc) is 3.03. The molecule has 1 fully saturated rings. The van der Waals surface area contributed by atoms with E-state index in [0.717, 1.165) is 23.4 Å². The Morgan fingerprint density at radius 3 is 3.04 bits per heavy atom. The van der Waals surface area contributed by atoms with Gasteiger partial charge in [-0.25, -0.2) is 9.50 Å². The van der Waals surface area contributed by atoms with Gasteiger partial charge in [-0.05, 0) is 32.3 Å². The van der Waals surface area contributed by atoms with E-state index in [9.17, 15) is 4.79 Å². The first-order chi connectivity index (χ1) is 11.1.